The van der Waals surface area contributed by atoms with E-state index >= 15 is 0 Å². The summed E-state index contributed by atoms with van der Waals surface area (Å²) in [5, 5.41) is 0. The Hall–Kier alpha value is -0.670. The minimum atomic E-state index is -0.0313. The molecule has 0 atom stereocenters. The minimum absolute atomic E-state index is 0.0313. The lowest BCUT2D eigenvalue weighted by Gasteiger charge is -2.21. The molecule has 0 heterocycles. The van der Waals surface area contributed by atoms with Gasteiger partial charge in [-0.05, 0) is 17.0 Å². The van der Waals surface area contributed by atoms with Gasteiger partial charge in [0.05, 0.1) is 6.54 Å². The summed E-state index contributed by atoms with van der Waals surface area (Å²) in [6.07, 6.45) is 0. The van der Waals surface area contributed by atoms with Crippen molar-refractivity contribution >= 4 is 21.7 Å². The summed E-state index contributed by atoms with van der Waals surface area (Å²) in [7, 11) is 0. The van der Waals surface area contributed by atoms with Gasteiger partial charge in [-0.25, -0.2) is 0 Å². The van der Waals surface area contributed by atoms with Crippen molar-refractivity contribution < 1.29 is 4.79 Å². The van der Waals surface area contributed by atoms with Gasteiger partial charge in [0.25, 0.3) is 0 Å². The molecular weight excluding hydrogens is 254 g/mol. The zero-order valence-corrected chi connectivity index (χ0v) is 10.9. The van der Waals surface area contributed by atoms with Crippen molar-refractivity contribution in [3.05, 3.63) is 33.8 Å². The molecule has 2 nitrogen and oxygen atoms in total. The van der Waals surface area contributed by atoms with Crippen LogP contribution in [0.4, 0.5) is 0 Å². The lowest BCUT2D eigenvalue weighted by Crippen LogP contribution is -2.15. The number of hydrogen-bond acceptors (Lipinski definition) is 2. The maximum Gasteiger partial charge on any atom is 0.176 e. The zero-order valence-electron chi connectivity index (χ0n) is 9.30. The monoisotopic (exact) mass is 269 g/mol. The van der Waals surface area contributed by atoms with E-state index < -0.39 is 0 Å². The average Bonchev–Trinajstić information content (AvgIpc) is 2.14. The number of benzene rings is 1. The molecule has 0 aliphatic heterocycles. The second-order valence-electron chi connectivity index (χ2n) is 4.57. The van der Waals surface area contributed by atoms with Crippen molar-refractivity contribution in [3.63, 3.8) is 0 Å². The SMILES string of the molecule is CC(C)(C)c1ccc(C(=O)CN)cc1Br. The van der Waals surface area contributed by atoms with E-state index in [1.54, 1.807) is 0 Å². The normalized spacial score (nSPS) is 11.5. The lowest BCUT2D eigenvalue weighted by molar-refractivity contribution is 0.100. The van der Waals surface area contributed by atoms with E-state index in [4.69, 9.17) is 5.73 Å². The molecule has 3 heteroatoms. The molecule has 1 aromatic carbocycles. The standard InChI is InChI=1S/C12H16BrNO/c1-12(2,3)9-5-4-8(6-10(9)13)11(15)7-14/h4-6H,7,14H2,1-3H3. The van der Waals surface area contributed by atoms with Gasteiger partial charge in [0, 0.05) is 10.0 Å². The van der Waals surface area contributed by atoms with Gasteiger partial charge in [0.15, 0.2) is 5.78 Å². The van der Waals surface area contributed by atoms with Crippen LogP contribution in [0.2, 0.25) is 0 Å². The molecule has 82 valence electrons. The first-order valence-electron chi connectivity index (χ1n) is 4.89. The number of rotatable bonds is 2. The van der Waals surface area contributed by atoms with Crippen molar-refractivity contribution in [1.29, 1.82) is 0 Å². The van der Waals surface area contributed by atoms with Crippen LogP contribution in [0.5, 0.6) is 0 Å². The number of carbonyl (C=O) groups is 1. The average molecular weight is 270 g/mol. The van der Waals surface area contributed by atoms with Gasteiger partial charge in [-0.2, -0.15) is 0 Å². The van der Waals surface area contributed by atoms with E-state index in [2.05, 4.69) is 36.7 Å². The van der Waals surface area contributed by atoms with Crippen LogP contribution in [0.3, 0.4) is 0 Å². The third-order valence-electron chi connectivity index (χ3n) is 2.28. The van der Waals surface area contributed by atoms with Crippen LogP contribution < -0.4 is 5.73 Å². The quantitative estimate of drug-likeness (QED) is 0.840. The van der Waals surface area contributed by atoms with Crippen LogP contribution in [0.15, 0.2) is 22.7 Å². The summed E-state index contributed by atoms with van der Waals surface area (Å²) >= 11 is 3.49. The summed E-state index contributed by atoms with van der Waals surface area (Å²) in [6, 6.07) is 5.66. The molecule has 0 aliphatic carbocycles. The second-order valence-corrected chi connectivity index (χ2v) is 5.43. The van der Waals surface area contributed by atoms with E-state index in [0.29, 0.717) is 5.56 Å². The maximum atomic E-state index is 11.4. The Balaban J connectivity index is 3.15. The van der Waals surface area contributed by atoms with Gasteiger partial charge in [0.1, 0.15) is 0 Å². The molecule has 0 aliphatic rings. The third kappa shape index (κ3) is 2.89. The summed E-state index contributed by atoms with van der Waals surface area (Å²) in [4.78, 5) is 11.4. The highest BCUT2D eigenvalue weighted by molar-refractivity contribution is 9.10. The molecule has 15 heavy (non-hydrogen) atoms. The predicted molar refractivity (Wildman–Crippen MR) is 66.2 cm³/mol. The fourth-order valence-electron chi connectivity index (χ4n) is 1.41. The lowest BCUT2D eigenvalue weighted by atomic mass is 9.86. The van der Waals surface area contributed by atoms with Crippen molar-refractivity contribution in [3.8, 4) is 0 Å². The summed E-state index contributed by atoms with van der Waals surface area (Å²) in [6.45, 7) is 6.47. The molecule has 0 saturated carbocycles. The number of hydrogen-bond donors (Lipinski definition) is 1. The molecule has 0 aromatic heterocycles. The Morgan fingerprint density at radius 2 is 2.00 bits per heavy atom. The van der Waals surface area contributed by atoms with Crippen LogP contribution in [0, 0.1) is 0 Å². The predicted octanol–water partition coefficient (Wildman–Crippen LogP) is 2.89. The first-order chi connectivity index (χ1) is 6.86. The summed E-state index contributed by atoms with van der Waals surface area (Å²) < 4.78 is 0.967. The van der Waals surface area contributed by atoms with Crippen LogP contribution in [0.25, 0.3) is 0 Å². The van der Waals surface area contributed by atoms with Gasteiger partial charge in [-0.15, -0.1) is 0 Å². The molecule has 2 N–H and O–H groups in total. The smallest absolute Gasteiger partial charge is 0.176 e. The van der Waals surface area contributed by atoms with E-state index in [1.165, 1.54) is 5.56 Å². The highest BCUT2D eigenvalue weighted by atomic mass is 79.9. The molecule has 0 bridgehead atoms. The Labute approximate surface area is 99.0 Å². The Morgan fingerprint density at radius 3 is 2.40 bits per heavy atom. The van der Waals surface area contributed by atoms with Crippen molar-refractivity contribution in [2.24, 2.45) is 5.73 Å². The fourth-order valence-corrected chi connectivity index (χ4v) is 2.39. The zero-order chi connectivity index (χ0) is 11.6. The molecule has 0 fully saturated rings. The van der Waals surface area contributed by atoms with E-state index in [-0.39, 0.29) is 17.7 Å². The summed E-state index contributed by atoms with van der Waals surface area (Å²) in [5.74, 6) is -0.0313. The Morgan fingerprint density at radius 1 is 1.40 bits per heavy atom. The van der Waals surface area contributed by atoms with Gasteiger partial charge in [-0.1, -0.05) is 48.8 Å². The number of Topliss-reactive ketones (excluding diaryl/α,β-unsaturated/α-hetero) is 1. The van der Waals surface area contributed by atoms with E-state index in [1.807, 2.05) is 18.2 Å². The van der Waals surface area contributed by atoms with Crippen LogP contribution in [0.1, 0.15) is 36.7 Å². The number of carbonyl (C=O) groups excluding carboxylic acids is 1. The maximum absolute atomic E-state index is 11.4. The van der Waals surface area contributed by atoms with Crippen LogP contribution in [-0.4, -0.2) is 12.3 Å². The Bertz CT molecular complexity index is 380. The molecule has 0 radical (unpaired) electrons. The largest absolute Gasteiger partial charge is 0.324 e. The molecule has 1 rings (SSSR count). The fraction of sp³-hybridized carbons (Fsp3) is 0.417. The van der Waals surface area contributed by atoms with Gasteiger partial charge >= 0.3 is 0 Å². The topological polar surface area (TPSA) is 43.1 Å². The highest BCUT2D eigenvalue weighted by Gasteiger charge is 2.17. The van der Waals surface area contributed by atoms with Crippen LogP contribution in [-0.2, 0) is 5.41 Å². The van der Waals surface area contributed by atoms with E-state index in [9.17, 15) is 4.79 Å². The van der Waals surface area contributed by atoms with Crippen LogP contribution >= 0.6 is 15.9 Å². The highest BCUT2D eigenvalue weighted by Crippen LogP contribution is 2.30. The van der Waals surface area contributed by atoms with Gasteiger partial charge in [0.2, 0.25) is 0 Å². The van der Waals surface area contributed by atoms with Gasteiger partial charge in [-0.3, -0.25) is 4.79 Å². The first-order valence-corrected chi connectivity index (χ1v) is 5.69. The van der Waals surface area contributed by atoms with E-state index in [0.717, 1.165) is 4.47 Å². The van der Waals surface area contributed by atoms with Crippen molar-refractivity contribution in [2.75, 3.05) is 6.54 Å². The third-order valence-corrected chi connectivity index (χ3v) is 2.94. The van der Waals surface area contributed by atoms with Crippen molar-refractivity contribution in [1.82, 2.24) is 0 Å². The molecule has 1 aromatic rings. The number of nitrogens with two attached hydrogens (primary N) is 1. The second kappa shape index (κ2) is 4.45. The molecular formula is C12H16BrNO. The summed E-state index contributed by atoms with van der Waals surface area (Å²) in [5.41, 5.74) is 7.24. The molecule has 0 unspecified atom stereocenters. The Kier molecular flexibility index (Phi) is 3.68. The minimum Gasteiger partial charge on any atom is -0.324 e. The number of halogens is 1. The molecule has 0 spiro atoms. The molecule has 0 amide bonds. The first kappa shape index (κ1) is 12.4. The number of ketones is 1. The van der Waals surface area contributed by atoms with Crippen molar-refractivity contribution in [2.45, 2.75) is 26.2 Å². The van der Waals surface area contributed by atoms with Gasteiger partial charge < -0.3 is 5.73 Å². The molecule has 0 saturated heterocycles.